The van der Waals surface area contributed by atoms with Crippen molar-refractivity contribution in [3.8, 4) is 0 Å². The molecule has 148 valence electrons. The minimum Gasteiger partial charge on any atom is -0.444 e. The molecule has 0 aliphatic carbocycles. The van der Waals surface area contributed by atoms with E-state index in [1.54, 1.807) is 32.9 Å². The number of rotatable bonds is 8. The van der Waals surface area contributed by atoms with Crippen LogP contribution in [0, 0.1) is 0 Å². The molecule has 8 heteroatoms. The number of hydrogen-bond donors (Lipinski definition) is 1. The van der Waals surface area contributed by atoms with Crippen molar-refractivity contribution in [1.29, 1.82) is 0 Å². The molecule has 1 aromatic carbocycles. The molecule has 0 atom stereocenters. The number of carbonyl (C=O) groups is 1. The van der Waals surface area contributed by atoms with Crippen LogP contribution in [-0.4, -0.2) is 52.5 Å². The smallest absolute Gasteiger partial charge is 0.407 e. The Morgan fingerprint density at radius 3 is 2.00 bits per heavy atom. The van der Waals surface area contributed by atoms with Crippen molar-refractivity contribution in [2.75, 3.05) is 41.6 Å². The molecule has 0 aromatic heterocycles. The second kappa shape index (κ2) is 9.12. The first kappa shape index (κ1) is 22.1. The number of hydrogen-bond acceptors (Lipinski definition) is 5. The van der Waals surface area contributed by atoms with E-state index in [0.717, 1.165) is 25.0 Å². The van der Waals surface area contributed by atoms with Crippen LogP contribution >= 0.6 is 0 Å². The van der Waals surface area contributed by atoms with Crippen LogP contribution in [0.15, 0.2) is 24.3 Å². The Morgan fingerprint density at radius 1 is 1.08 bits per heavy atom. The van der Waals surface area contributed by atoms with Gasteiger partial charge in [-0.3, -0.25) is 4.31 Å². The number of amides is 1. The first-order chi connectivity index (χ1) is 12.0. The SMILES string of the molecule is CCN(CC)c1ccc(N(CCNC(=O)OC(C)(C)C)S(C)(=O)=O)cc1. The largest absolute Gasteiger partial charge is 0.444 e. The Bertz CT molecular complexity index is 677. The van der Waals surface area contributed by atoms with Crippen molar-refractivity contribution in [3.05, 3.63) is 24.3 Å². The highest BCUT2D eigenvalue weighted by Gasteiger charge is 2.19. The third kappa shape index (κ3) is 7.11. The highest BCUT2D eigenvalue weighted by molar-refractivity contribution is 7.92. The van der Waals surface area contributed by atoms with Crippen LogP contribution in [-0.2, 0) is 14.8 Å². The van der Waals surface area contributed by atoms with Gasteiger partial charge in [0, 0.05) is 25.3 Å². The Kier molecular flexibility index (Phi) is 7.74. The van der Waals surface area contributed by atoms with Gasteiger partial charge in [0.05, 0.1) is 18.5 Å². The summed E-state index contributed by atoms with van der Waals surface area (Å²) in [7, 11) is -3.47. The highest BCUT2D eigenvalue weighted by Crippen LogP contribution is 2.22. The predicted octanol–water partition coefficient (Wildman–Crippen LogP) is 2.82. The summed E-state index contributed by atoms with van der Waals surface area (Å²) < 4.78 is 30.7. The van der Waals surface area contributed by atoms with Crippen LogP contribution in [0.5, 0.6) is 0 Å². The Balaban J connectivity index is 2.81. The lowest BCUT2D eigenvalue weighted by Gasteiger charge is -2.25. The number of nitrogens with zero attached hydrogens (tertiary/aromatic N) is 2. The fourth-order valence-electron chi connectivity index (χ4n) is 2.48. The summed E-state index contributed by atoms with van der Waals surface area (Å²) in [4.78, 5) is 13.9. The monoisotopic (exact) mass is 385 g/mol. The first-order valence-corrected chi connectivity index (χ1v) is 10.6. The van der Waals surface area contributed by atoms with Gasteiger partial charge in [0.2, 0.25) is 10.0 Å². The lowest BCUT2D eigenvalue weighted by atomic mass is 10.2. The molecule has 0 spiro atoms. The quantitative estimate of drug-likeness (QED) is 0.744. The van der Waals surface area contributed by atoms with Crippen LogP contribution in [0.1, 0.15) is 34.6 Å². The minimum absolute atomic E-state index is 0.128. The van der Waals surface area contributed by atoms with Gasteiger partial charge in [0.15, 0.2) is 0 Å². The van der Waals surface area contributed by atoms with Gasteiger partial charge in [0.1, 0.15) is 5.60 Å². The maximum absolute atomic E-state index is 12.1. The summed E-state index contributed by atoms with van der Waals surface area (Å²) in [6.45, 7) is 11.5. The fraction of sp³-hybridized carbons (Fsp3) is 0.611. The Morgan fingerprint density at radius 2 is 1.58 bits per heavy atom. The van der Waals surface area contributed by atoms with E-state index in [-0.39, 0.29) is 13.1 Å². The summed E-state index contributed by atoms with van der Waals surface area (Å²) >= 11 is 0. The first-order valence-electron chi connectivity index (χ1n) is 8.77. The molecule has 1 N–H and O–H groups in total. The maximum Gasteiger partial charge on any atom is 0.407 e. The molecule has 0 aliphatic heterocycles. The van der Waals surface area contributed by atoms with Crippen molar-refractivity contribution >= 4 is 27.5 Å². The van der Waals surface area contributed by atoms with Crippen molar-refractivity contribution < 1.29 is 17.9 Å². The van der Waals surface area contributed by atoms with E-state index in [1.165, 1.54) is 4.31 Å². The Labute approximate surface area is 157 Å². The number of ether oxygens (including phenoxy) is 1. The average Bonchev–Trinajstić information content (AvgIpc) is 2.51. The van der Waals surface area contributed by atoms with Crippen molar-refractivity contribution in [2.24, 2.45) is 0 Å². The maximum atomic E-state index is 12.1. The fourth-order valence-corrected chi connectivity index (χ4v) is 3.41. The molecule has 1 amide bonds. The van der Waals surface area contributed by atoms with Gasteiger partial charge >= 0.3 is 6.09 Å². The number of alkyl carbamates (subject to hydrolysis) is 1. The average molecular weight is 386 g/mol. The lowest BCUT2D eigenvalue weighted by Crippen LogP contribution is -2.40. The molecule has 0 aliphatic rings. The zero-order valence-electron chi connectivity index (χ0n) is 16.6. The lowest BCUT2D eigenvalue weighted by molar-refractivity contribution is 0.0529. The molecule has 0 saturated heterocycles. The molecule has 7 nitrogen and oxygen atoms in total. The molecule has 1 rings (SSSR count). The highest BCUT2D eigenvalue weighted by atomic mass is 32.2. The molecule has 1 aromatic rings. The van der Waals surface area contributed by atoms with E-state index in [9.17, 15) is 13.2 Å². The second-order valence-corrected chi connectivity index (χ2v) is 8.86. The van der Waals surface area contributed by atoms with Crippen LogP contribution in [0.25, 0.3) is 0 Å². The second-order valence-electron chi connectivity index (χ2n) is 6.95. The predicted molar refractivity (Wildman–Crippen MR) is 106 cm³/mol. The van der Waals surface area contributed by atoms with Crippen molar-refractivity contribution in [2.45, 2.75) is 40.2 Å². The molecule has 26 heavy (non-hydrogen) atoms. The molecule has 0 heterocycles. The number of carbonyl (C=O) groups excluding carboxylic acids is 1. The van der Waals surface area contributed by atoms with E-state index >= 15 is 0 Å². The summed E-state index contributed by atoms with van der Waals surface area (Å²) in [5, 5.41) is 2.58. The van der Waals surface area contributed by atoms with E-state index in [0.29, 0.717) is 5.69 Å². The van der Waals surface area contributed by atoms with E-state index < -0.39 is 21.7 Å². The summed E-state index contributed by atoms with van der Waals surface area (Å²) in [6.07, 6.45) is 0.585. The van der Waals surface area contributed by atoms with E-state index in [2.05, 4.69) is 24.1 Å². The number of nitrogens with one attached hydrogen (secondary N) is 1. The minimum atomic E-state index is -3.47. The molecule has 0 radical (unpaired) electrons. The van der Waals surface area contributed by atoms with Gasteiger partial charge in [-0.1, -0.05) is 0 Å². The van der Waals surface area contributed by atoms with Gasteiger partial charge < -0.3 is 15.0 Å². The number of benzene rings is 1. The molecule has 0 bridgehead atoms. The van der Waals surface area contributed by atoms with Gasteiger partial charge in [-0.25, -0.2) is 13.2 Å². The summed E-state index contributed by atoms with van der Waals surface area (Å²) in [6, 6.07) is 7.37. The zero-order valence-corrected chi connectivity index (χ0v) is 17.4. The van der Waals surface area contributed by atoms with Crippen molar-refractivity contribution in [1.82, 2.24) is 5.32 Å². The van der Waals surface area contributed by atoms with Gasteiger partial charge in [0.25, 0.3) is 0 Å². The third-order valence-corrected chi connectivity index (χ3v) is 4.84. The van der Waals surface area contributed by atoms with Gasteiger partial charge in [-0.2, -0.15) is 0 Å². The van der Waals surface area contributed by atoms with E-state index in [4.69, 9.17) is 4.74 Å². The Hall–Kier alpha value is -1.96. The third-order valence-electron chi connectivity index (χ3n) is 3.65. The summed E-state index contributed by atoms with van der Waals surface area (Å²) in [5.41, 5.74) is 1.01. The molecule has 0 unspecified atom stereocenters. The molecular formula is C18H31N3O4S. The topological polar surface area (TPSA) is 79.0 Å². The van der Waals surface area contributed by atoms with Crippen molar-refractivity contribution in [3.63, 3.8) is 0 Å². The number of anilines is 2. The van der Waals surface area contributed by atoms with Crippen LogP contribution in [0.4, 0.5) is 16.2 Å². The van der Waals surface area contributed by atoms with Crippen LogP contribution in [0.3, 0.4) is 0 Å². The molecule has 0 saturated carbocycles. The molecule has 0 fully saturated rings. The van der Waals surface area contributed by atoms with Crippen LogP contribution in [0.2, 0.25) is 0 Å². The number of sulfonamides is 1. The van der Waals surface area contributed by atoms with E-state index in [1.807, 2.05) is 12.1 Å². The van der Waals surface area contributed by atoms with Gasteiger partial charge in [-0.05, 0) is 58.9 Å². The zero-order chi connectivity index (χ0) is 20.0. The molecular weight excluding hydrogens is 354 g/mol. The standard InChI is InChI=1S/C18H31N3O4S/c1-7-20(8-2)15-9-11-16(12-10-15)21(26(6,23)24)14-13-19-17(22)25-18(3,4)5/h9-12H,7-8,13-14H2,1-6H3,(H,19,22). The van der Waals surface area contributed by atoms with Gasteiger partial charge in [-0.15, -0.1) is 0 Å². The summed E-state index contributed by atoms with van der Waals surface area (Å²) in [5.74, 6) is 0. The normalized spacial score (nSPS) is 11.8. The van der Waals surface area contributed by atoms with Crippen LogP contribution < -0.4 is 14.5 Å².